The van der Waals surface area contributed by atoms with Crippen molar-refractivity contribution in [3.8, 4) is 5.75 Å². The number of rotatable bonds is 6. The second-order valence-electron chi connectivity index (χ2n) is 4.67. The Morgan fingerprint density at radius 2 is 2.32 bits per heavy atom. The second-order valence-corrected chi connectivity index (χ2v) is 5.08. The molecule has 1 aromatic rings. The molecule has 0 heterocycles. The monoisotopic (exact) mass is 286 g/mol. The van der Waals surface area contributed by atoms with E-state index in [4.69, 9.17) is 22.1 Å². The minimum absolute atomic E-state index is 0.0124. The van der Waals surface area contributed by atoms with Crippen molar-refractivity contribution < 1.29 is 13.9 Å². The first-order valence-corrected chi connectivity index (χ1v) is 6.54. The molecule has 1 unspecified atom stereocenters. The number of ether oxygens (including phenoxy) is 1. The van der Waals surface area contributed by atoms with Crippen LogP contribution >= 0.6 is 11.6 Å². The van der Waals surface area contributed by atoms with Crippen LogP contribution in [0.3, 0.4) is 0 Å². The van der Waals surface area contributed by atoms with E-state index in [0.717, 1.165) is 18.9 Å². The minimum Gasteiger partial charge on any atom is -0.482 e. The van der Waals surface area contributed by atoms with Gasteiger partial charge in [0.2, 0.25) is 0 Å². The first-order valence-electron chi connectivity index (χ1n) is 6.16. The molecule has 1 aromatic carbocycles. The van der Waals surface area contributed by atoms with Crippen LogP contribution in [-0.4, -0.2) is 25.1 Å². The van der Waals surface area contributed by atoms with E-state index < -0.39 is 5.82 Å². The molecular weight excluding hydrogens is 271 g/mol. The number of nitrogens with two attached hydrogens (primary N) is 1. The van der Waals surface area contributed by atoms with E-state index >= 15 is 0 Å². The van der Waals surface area contributed by atoms with Crippen molar-refractivity contribution in [2.24, 2.45) is 11.7 Å². The van der Waals surface area contributed by atoms with E-state index in [2.05, 4.69) is 5.32 Å². The van der Waals surface area contributed by atoms with Crippen LogP contribution < -0.4 is 15.8 Å². The van der Waals surface area contributed by atoms with Crippen LogP contribution in [0, 0.1) is 11.7 Å². The molecule has 1 amide bonds. The molecular formula is C13H16ClFN2O2. The molecule has 0 aromatic heterocycles. The number of amides is 1. The third-order valence-electron chi connectivity index (χ3n) is 3.02. The third-order valence-corrected chi connectivity index (χ3v) is 3.31. The largest absolute Gasteiger partial charge is 0.482 e. The van der Waals surface area contributed by atoms with Crippen LogP contribution in [0.5, 0.6) is 5.75 Å². The van der Waals surface area contributed by atoms with Gasteiger partial charge in [0, 0.05) is 12.6 Å². The number of hydrogen-bond acceptors (Lipinski definition) is 3. The van der Waals surface area contributed by atoms with Crippen molar-refractivity contribution in [2.45, 2.75) is 18.9 Å². The first kappa shape index (κ1) is 14.1. The van der Waals surface area contributed by atoms with Crippen molar-refractivity contribution in [2.75, 3.05) is 13.2 Å². The number of nitrogens with one attached hydrogen (secondary N) is 1. The van der Waals surface area contributed by atoms with Crippen LogP contribution in [0.15, 0.2) is 18.2 Å². The summed E-state index contributed by atoms with van der Waals surface area (Å²) >= 11 is 5.77. The SMILES string of the molecule is NC(CNC(=O)COc1ccc(F)cc1Cl)C1CC1. The van der Waals surface area contributed by atoms with Crippen molar-refractivity contribution in [1.29, 1.82) is 0 Å². The lowest BCUT2D eigenvalue weighted by atomic mass is 10.2. The normalized spacial score (nSPS) is 15.9. The summed E-state index contributed by atoms with van der Waals surface area (Å²) in [5.74, 6) is 0.103. The first-order chi connectivity index (χ1) is 9.06. The molecule has 1 aliphatic carbocycles. The van der Waals surface area contributed by atoms with E-state index in [0.29, 0.717) is 12.5 Å². The molecule has 2 rings (SSSR count). The number of carbonyl (C=O) groups excluding carboxylic acids is 1. The van der Waals surface area contributed by atoms with Crippen LogP contribution in [-0.2, 0) is 4.79 Å². The Bertz CT molecular complexity index is 466. The lowest BCUT2D eigenvalue weighted by Gasteiger charge is -2.12. The van der Waals surface area contributed by atoms with Crippen molar-refractivity contribution >= 4 is 17.5 Å². The van der Waals surface area contributed by atoms with Crippen LogP contribution in [0.2, 0.25) is 5.02 Å². The quantitative estimate of drug-likeness (QED) is 0.837. The van der Waals surface area contributed by atoms with Gasteiger partial charge in [0.25, 0.3) is 5.91 Å². The van der Waals surface area contributed by atoms with Crippen molar-refractivity contribution in [3.63, 3.8) is 0 Å². The van der Waals surface area contributed by atoms with E-state index in [1.807, 2.05) is 0 Å². The average Bonchev–Trinajstić information content (AvgIpc) is 3.19. The van der Waals surface area contributed by atoms with Crippen molar-refractivity contribution in [1.82, 2.24) is 5.32 Å². The number of carbonyl (C=O) groups is 1. The molecule has 6 heteroatoms. The maximum Gasteiger partial charge on any atom is 0.257 e. The molecule has 1 saturated carbocycles. The van der Waals surface area contributed by atoms with Gasteiger partial charge in [0.05, 0.1) is 5.02 Å². The van der Waals surface area contributed by atoms with Gasteiger partial charge >= 0.3 is 0 Å². The van der Waals surface area contributed by atoms with Crippen LogP contribution in [0.4, 0.5) is 4.39 Å². The zero-order valence-electron chi connectivity index (χ0n) is 10.4. The molecule has 0 radical (unpaired) electrons. The fraction of sp³-hybridized carbons (Fsp3) is 0.462. The number of benzene rings is 1. The third kappa shape index (κ3) is 4.36. The van der Waals surface area contributed by atoms with Crippen LogP contribution in [0.25, 0.3) is 0 Å². The van der Waals surface area contributed by atoms with Crippen LogP contribution in [0.1, 0.15) is 12.8 Å². The Morgan fingerprint density at radius 3 is 2.95 bits per heavy atom. The fourth-order valence-electron chi connectivity index (χ4n) is 1.71. The number of halogens is 2. The molecule has 4 nitrogen and oxygen atoms in total. The lowest BCUT2D eigenvalue weighted by Crippen LogP contribution is -2.40. The maximum absolute atomic E-state index is 12.8. The van der Waals surface area contributed by atoms with Gasteiger partial charge in [-0.25, -0.2) is 4.39 Å². The molecule has 1 fully saturated rings. The predicted octanol–water partition coefficient (Wildman–Crippen LogP) is 1.71. The van der Waals surface area contributed by atoms with Gasteiger partial charge in [-0.3, -0.25) is 4.79 Å². The van der Waals surface area contributed by atoms with Gasteiger partial charge in [0.15, 0.2) is 6.61 Å². The second kappa shape index (κ2) is 6.21. The smallest absolute Gasteiger partial charge is 0.257 e. The maximum atomic E-state index is 12.8. The highest BCUT2D eigenvalue weighted by Gasteiger charge is 2.28. The molecule has 104 valence electrons. The van der Waals surface area contributed by atoms with E-state index in [9.17, 15) is 9.18 Å². The number of hydrogen-bond donors (Lipinski definition) is 2. The summed E-state index contributed by atoms with van der Waals surface area (Å²) in [5, 5.41) is 2.84. The Balaban J connectivity index is 1.73. The Hall–Kier alpha value is -1.33. The van der Waals surface area contributed by atoms with E-state index in [1.54, 1.807) is 0 Å². The topological polar surface area (TPSA) is 64.3 Å². The van der Waals surface area contributed by atoms with Gasteiger partial charge in [-0.15, -0.1) is 0 Å². The average molecular weight is 287 g/mol. The van der Waals surface area contributed by atoms with Gasteiger partial charge in [-0.2, -0.15) is 0 Å². The standard InChI is InChI=1S/C13H16ClFN2O2/c14-10-5-9(15)3-4-12(10)19-7-13(18)17-6-11(16)8-1-2-8/h3-5,8,11H,1-2,6-7,16H2,(H,17,18). The zero-order valence-corrected chi connectivity index (χ0v) is 11.1. The highest BCUT2D eigenvalue weighted by atomic mass is 35.5. The summed E-state index contributed by atoms with van der Waals surface area (Å²) in [6, 6.07) is 3.76. The van der Waals surface area contributed by atoms with E-state index in [1.165, 1.54) is 12.1 Å². The summed E-state index contributed by atoms with van der Waals surface area (Å²) < 4.78 is 18.0. The zero-order chi connectivity index (χ0) is 13.8. The lowest BCUT2D eigenvalue weighted by molar-refractivity contribution is -0.123. The van der Waals surface area contributed by atoms with Crippen molar-refractivity contribution in [3.05, 3.63) is 29.0 Å². The highest BCUT2D eigenvalue weighted by molar-refractivity contribution is 6.32. The summed E-state index contributed by atoms with van der Waals surface area (Å²) in [4.78, 5) is 11.5. The molecule has 19 heavy (non-hydrogen) atoms. The molecule has 1 aliphatic rings. The molecule has 0 aliphatic heterocycles. The molecule has 0 bridgehead atoms. The molecule has 3 N–H and O–H groups in total. The molecule has 0 spiro atoms. The van der Waals surface area contributed by atoms with Gasteiger partial charge in [0.1, 0.15) is 11.6 Å². The Kier molecular flexibility index (Phi) is 4.61. The van der Waals surface area contributed by atoms with Gasteiger partial charge in [-0.05, 0) is 37.0 Å². The molecule has 0 saturated heterocycles. The molecule has 1 atom stereocenters. The predicted molar refractivity (Wildman–Crippen MR) is 70.6 cm³/mol. The minimum atomic E-state index is -0.447. The summed E-state index contributed by atoms with van der Waals surface area (Å²) in [6.45, 7) is 0.284. The fourth-order valence-corrected chi connectivity index (χ4v) is 1.93. The summed E-state index contributed by atoms with van der Waals surface area (Å²) in [7, 11) is 0. The summed E-state index contributed by atoms with van der Waals surface area (Å²) in [5.41, 5.74) is 5.86. The summed E-state index contributed by atoms with van der Waals surface area (Å²) in [6.07, 6.45) is 2.28. The Morgan fingerprint density at radius 1 is 1.58 bits per heavy atom. The Labute approximate surface area is 116 Å². The highest BCUT2D eigenvalue weighted by Crippen LogP contribution is 2.31. The van der Waals surface area contributed by atoms with Gasteiger partial charge < -0.3 is 15.8 Å². The van der Waals surface area contributed by atoms with Gasteiger partial charge in [-0.1, -0.05) is 11.6 Å². The van der Waals surface area contributed by atoms with E-state index in [-0.39, 0.29) is 29.3 Å².